The van der Waals surface area contributed by atoms with Crippen molar-refractivity contribution in [3.8, 4) is 5.75 Å². The Morgan fingerprint density at radius 3 is 2.47 bits per heavy atom. The quantitative estimate of drug-likeness (QED) is 0.623. The molecule has 8 nitrogen and oxygen atoms in total. The van der Waals surface area contributed by atoms with Crippen molar-refractivity contribution in [1.82, 2.24) is 20.5 Å². The highest BCUT2D eigenvalue weighted by Crippen LogP contribution is 2.38. The van der Waals surface area contributed by atoms with Crippen LogP contribution in [0.1, 0.15) is 52.0 Å². The Balaban J connectivity index is 1.37. The van der Waals surface area contributed by atoms with Crippen molar-refractivity contribution >= 4 is 17.6 Å². The van der Waals surface area contributed by atoms with Gasteiger partial charge in [-0.15, -0.1) is 0 Å². The van der Waals surface area contributed by atoms with Gasteiger partial charge in [0.15, 0.2) is 0 Å². The lowest BCUT2D eigenvalue weighted by molar-refractivity contribution is 0.0923. The standard InChI is InChI=1S/C26H35N5O3/c1-17-22(6-5-7-23(17)34-4)26(33)29-19-14-20-9-10-21(15-19)31(20)24-11-8-18(16-28-24)25(32)27-12-13-30(2)3/h5-8,11,16,19-21H,9-10,12-15H2,1-4H3,(H,27,32)(H,29,33)/t19?,20-,21+. The van der Waals surface area contributed by atoms with Gasteiger partial charge in [-0.25, -0.2) is 4.98 Å². The van der Waals surface area contributed by atoms with Gasteiger partial charge in [0.1, 0.15) is 11.6 Å². The third-order valence-corrected chi connectivity index (χ3v) is 6.94. The second-order valence-electron chi connectivity index (χ2n) is 9.53. The van der Waals surface area contributed by atoms with Crippen LogP contribution in [0.3, 0.4) is 0 Å². The molecule has 3 heterocycles. The van der Waals surface area contributed by atoms with Crippen molar-refractivity contribution in [2.45, 2.75) is 50.7 Å². The highest BCUT2D eigenvalue weighted by Gasteiger charge is 2.41. The number of rotatable bonds is 8. The molecule has 2 N–H and O–H groups in total. The molecule has 2 bridgehead atoms. The normalized spacial score (nSPS) is 21.4. The first-order valence-electron chi connectivity index (χ1n) is 12.0. The van der Waals surface area contributed by atoms with Crippen LogP contribution in [0.4, 0.5) is 5.82 Å². The summed E-state index contributed by atoms with van der Waals surface area (Å²) in [6.45, 7) is 3.31. The Morgan fingerprint density at radius 2 is 1.85 bits per heavy atom. The van der Waals surface area contributed by atoms with Crippen LogP contribution >= 0.6 is 0 Å². The van der Waals surface area contributed by atoms with E-state index in [0.717, 1.165) is 49.4 Å². The molecule has 0 radical (unpaired) electrons. The van der Waals surface area contributed by atoms with Crippen molar-refractivity contribution in [3.05, 3.63) is 53.2 Å². The predicted molar refractivity (Wildman–Crippen MR) is 133 cm³/mol. The molecule has 3 atom stereocenters. The van der Waals surface area contributed by atoms with Gasteiger partial charge < -0.3 is 25.2 Å². The summed E-state index contributed by atoms with van der Waals surface area (Å²) in [4.78, 5) is 34.4. The number of pyridine rings is 1. The maximum atomic E-state index is 13.0. The summed E-state index contributed by atoms with van der Waals surface area (Å²) >= 11 is 0. The number of amides is 2. The second-order valence-corrected chi connectivity index (χ2v) is 9.53. The Labute approximate surface area is 201 Å². The molecule has 2 amide bonds. The molecule has 0 saturated carbocycles. The minimum absolute atomic E-state index is 0.0444. The Hall–Kier alpha value is -3.13. The fourth-order valence-corrected chi connectivity index (χ4v) is 5.18. The van der Waals surface area contributed by atoms with Gasteiger partial charge in [0.25, 0.3) is 11.8 Å². The Bertz CT molecular complexity index is 1010. The number of piperidine rings is 1. The number of nitrogens with zero attached hydrogens (tertiary/aromatic N) is 3. The van der Waals surface area contributed by atoms with Gasteiger partial charge in [0.2, 0.25) is 0 Å². The fourth-order valence-electron chi connectivity index (χ4n) is 5.18. The first-order chi connectivity index (χ1) is 16.4. The highest BCUT2D eigenvalue weighted by molar-refractivity contribution is 5.96. The van der Waals surface area contributed by atoms with Gasteiger partial charge in [-0.2, -0.15) is 0 Å². The van der Waals surface area contributed by atoms with Gasteiger partial charge in [-0.05, 0) is 71.0 Å². The number of nitrogens with one attached hydrogen (secondary N) is 2. The summed E-state index contributed by atoms with van der Waals surface area (Å²) in [6.07, 6.45) is 5.62. The van der Waals surface area contributed by atoms with Gasteiger partial charge in [-0.3, -0.25) is 9.59 Å². The molecule has 0 spiro atoms. The lowest BCUT2D eigenvalue weighted by Gasteiger charge is -2.40. The van der Waals surface area contributed by atoms with E-state index in [1.165, 1.54) is 0 Å². The van der Waals surface area contributed by atoms with E-state index in [1.807, 2.05) is 56.3 Å². The van der Waals surface area contributed by atoms with Gasteiger partial charge in [0, 0.05) is 48.5 Å². The third-order valence-electron chi connectivity index (χ3n) is 6.94. The number of benzene rings is 1. The monoisotopic (exact) mass is 465 g/mol. The number of ether oxygens (including phenoxy) is 1. The van der Waals surface area contributed by atoms with Crippen LogP contribution < -0.4 is 20.3 Å². The van der Waals surface area contributed by atoms with Crippen molar-refractivity contribution in [2.75, 3.05) is 39.2 Å². The molecular weight excluding hydrogens is 430 g/mol. The van der Waals surface area contributed by atoms with Crippen molar-refractivity contribution in [3.63, 3.8) is 0 Å². The van der Waals surface area contributed by atoms with E-state index in [4.69, 9.17) is 4.74 Å². The summed E-state index contributed by atoms with van der Waals surface area (Å²) < 4.78 is 5.36. The van der Waals surface area contributed by atoms with Crippen LogP contribution in [0, 0.1) is 6.92 Å². The number of carbonyl (C=O) groups is 2. The maximum absolute atomic E-state index is 13.0. The fraction of sp³-hybridized carbons (Fsp3) is 0.500. The van der Waals surface area contributed by atoms with Crippen LogP contribution in [0.5, 0.6) is 5.75 Å². The summed E-state index contributed by atoms with van der Waals surface area (Å²) in [5.41, 5.74) is 2.10. The largest absolute Gasteiger partial charge is 0.496 e. The third kappa shape index (κ3) is 5.17. The molecule has 2 aliphatic rings. The van der Waals surface area contributed by atoms with E-state index in [1.54, 1.807) is 13.3 Å². The number of carbonyl (C=O) groups excluding carboxylic acids is 2. The van der Waals surface area contributed by atoms with Gasteiger partial charge >= 0.3 is 0 Å². The minimum atomic E-state index is -0.0990. The number of fused-ring (bicyclic) bond motifs is 2. The number of hydrogen-bond donors (Lipinski definition) is 2. The molecule has 4 rings (SSSR count). The molecule has 34 heavy (non-hydrogen) atoms. The van der Waals surface area contributed by atoms with Crippen LogP contribution in [-0.2, 0) is 0 Å². The number of methoxy groups -OCH3 is 1. The molecule has 0 aliphatic carbocycles. The SMILES string of the molecule is COc1cccc(C(=O)NC2C[C@H]3CC[C@@H](C2)N3c2ccc(C(=O)NCCN(C)C)cn2)c1C. The molecule has 8 heteroatoms. The van der Waals surface area contributed by atoms with E-state index < -0.39 is 0 Å². The number of anilines is 1. The van der Waals surface area contributed by atoms with Crippen LogP contribution in [0.2, 0.25) is 0 Å². The van der Waals surface area contributed by atoms with E-state index in [-0.39, 0.29) is 17.9 Å². The second kappa shape index (κ2) is 10.4. The minimum Gasteiger partial charge on any atom is -0.496 e. The van der Waals surface area contributed by atoms with Crippen molar-refractivity contribution in [2.24, 2.45) is 0 Å². The molecule has 1 unspecified atom stereocenters. The van der Waals surface area contributed by atoms with E-state index in [2.05, 4.69) is 20.5 Å². The zero-order valence-electron chi connectivity index (χ0n) is 20.5. The van der Waals surface area contributed by atoms with E-state index in [9.17, 15) is 9.59 Å². The Morgan fingerprint density at radius 1 is 1.12 bits per heavy atom. The lowest BCUT2D eigenvalue weighted by Crippen LogP contribution is -2.50. The topological polar surface area (TPSA) is 86.8 Å². The average Bonchev–Trinajstić information content (AvgIpc) is 3.09. The molecule has 1 aromatic carbocycles. The van der Waals surface area contributed by atoms with E-state index in [0.29, 0.717) is 29.8 Å². The number of aromatic nitrogens is 1. The highest BCUT2D eigenvalue weighted by atomic mass is 16.5. The molecule has 1 aromatic heterocycles. The number of hydrogen-bond acceptors (Lipinski definition) is 6. The smallest absolute Gasteiger partial charge is 0.252 e. The number of likely N-dealkylation sites (N-methyl/N-ethyl adjacent to an activating group) is 1. The summed E-state index contributed by atoms with van der Waals surface area (Å²) in [7, 11) is 5.58. The predicted octanol–water partition coefficient (Wildman–Crippen LogP) is 2.62. The molecule has 2 saturated heterocycles. The average molecular weight is 466 g/mol. The zero-order valence-corrected chi connectivity index (χ0v) is 20.5. The van der Waals surface area contributed by atoms with Crippen LogP contribution in [-0.4, -0.2) is 74.1 Å². The van der Waals surface area contributed by atoms with Crippen molar-refractivity contribution < 1.29 is 14.3 Å². The molecular formula is C26H35N5O3. The van der Waals surface area contributed by atoms with E-state index >= 15 is 0 Å². The Kier molecular flexibility index (Phi) is 7.36. The first-order valence-corrected chi connectivity index (χ1v) is 12.0. The van der Waals surface area contributed by atoms with Crippen LogP contribution in [0.25, 0.3) is 0 Å². The summed E-state index contributed by atoms with van der Waals surface area (Å²) in [6, 6.07) is 10.2. The molecule has 2 fully saturated rings. The van der Waals surface area contributed by atoms with Crippen LogP contribution in [0.15, 0.2) is 36.5 Å². The molecule has 2 aliphatic heterocycles. The van der Waals surface area contributed by atoms with Gasteiger partial charge in [0.05, 0.1) is 12.7 Å². The molecule has 2 aromatic rings. The first kappa shape index (κ1) is 24.0. The zero-order chi connectivity index (χ0) is 24.2. The van der Waals surface area contributed by atoms with Gasteiger partial charge in [-0.1, -0.05) is 6.07 Å². The molecule has 182 valence electrons. The van der Waals surface area contributed by atoms with Crippen molar-refractivity contribution in [1.29, 1.82) is 0 Å². The lowest BCUT2D eigenvalue weighted by atomic mass is 9.96. The summed E-state index contributed by atoms with van der Waals surface area (Å²) in [5.74, 6) is 1.49. The summed E-state index contributed by atoms with van der Waals surface area (Å²) in [5, 5.41) is 6.18. The maximum Gasteiger partial charge on any atom is 0.252 e.